The van der Waals surface area contributed by atoms with E-state index in [1.165, 1.54) is 36.0 Å². The van der Waals surface area contributed by atoms with E-state index in [0.717, 1.165) is 16.7 Å². The molecule has 3 aromatic carbocycles. The fourth-order valence-corrected chi connectivity index (χ4v) is 7.54. The number of carbonyl (C=O) groups excluding carboxylic acids is 2. The number of ketones is 1. The van der Waals surface area contributed by atoms with E-state index in [9.17, 15) is 14.7 Å². The maximum atomic E-state index is 13.8. The second-order valence-electron chi connectivity index (χ2n) is 14.7. The quantitative estimate of drug-likeness (QED) is 0.181. The molecule has 2 aliphatic heterocycles. The summed E-state index contributed by atoms with van der Waals surface area (Å²) in [4.78, 5) is 28.8. The van der Waals surface area contributed by atoms with E-state index in [-0.39, 0.29) is 11.6 Å². The molecular formula is C39H51N3O8Si. The van der Waals surface area contributed by atoms with Crippen molar-refractivity contribution in [3.8, 4) is 11.5 Å². The van der Waals surface area contributed by atoms with Crippen molar-refractivity contribution < 1.29 is 38.1 Å². The number of aliphatic hydroxyl groups is 1. The molecule has 12 heteroatoms. The molecule has 5 rings (SSSR count). The van der Waals surface area contributed by atoms with Crippen LogP contribution in [0.5, 0.6) is 11.5 Å². The highest BCUT2D eigenvalue weighted by molar-refractivity contribution is 6.74. The Morgan fingerprint density at radius 1 is 0.922 bits per heavy atom. The summed E-state index contributed by atoms with van der Waals surface area (Å²) in [7, 11) is 2.17. The van der Waals surface area contributed by atoms with Crippen LogP contribution in [-0.4, -0.2) is 93.1 Å². The number of rotatable bonds is 12. The predicted octanol–water partition coefficient (Wildman–Crippen LogP) is 5.61. The van der Waals surface area contributed by atoms with Gasteiger partial charge in [-0.1, -0.05) is 75.4 Å². The van der Waals surface area contributed by atoms with Crippen molar-refractivity contribution in [1.29, 1.82) is 0 Å². The highest BCUT2D eigenvalue weighted by Crippen LogP contribution is 2.44. The summed E-state index contributed by atoms with van der Waals surface area (Å²) in [6.45, 7) is 11.7. The third-order valence-corrected chi connectivity index (χ3v) is 15.1. The largest absolute Gasteiger partial charge is 0.497 e. The van der Waals surface area contributed by atoms with Gasteiger partial charge in [0.15, 0.2) is 26.0 Å². The van der Waals surface area contributed by atoms with Crippen LogP contribution in [0.2, 0.25) is 18.1 Å². The first-order valence-corrected chi connectivity index (χ1v) is 20.0. The molecule has 2 aliphatic rings. The highest BCUT2D eigenvalue weighted by Gasteiger charge is 2.55. The summed E-state index contributed by atoms with van der Waals surface area (Å²) < 4.78 is 31.4. The topological polar surface area (TPSA) is 133 Å². The predicted molar refractivity (Wildman–Crippen MR) is 197 cm³/mol. The summed E-state index contributed by atoms with van der Waals surface area (Å²) in [5.41, 5.74) is 6.03. The lowest BCUT2D eigenvalue weighted by molar-refractivity contribution is -0.126. The Hall–Kier alpha value is -4.04. The molecule has 1 unspecified atom stereocenters. The van der Waals surface area contributed by atoms with Crippen molar-refractivity contribution >= 4 is 20.1 Å². The number of nitrogens with two attached hydrogens (primary N) is 1. The van der Waals surface area contributed by atoms with Gasteiger partial charge in [-0.25, -0.2) is 4.79 Å². The molecule has 0 aliphatic carbocycles. The van der Waals surface area contributed by atoms with Gasteiger partial charge in [-0.3, -0.25) is 20.3 Å². The third-order valence-electron chi connectivity index (χ3n) is 10.6. The SMILES string of the molecule is COc1ccc(C(OC[C@H]2O[C@@H](N3C=CC(N)(C(C)=O)N(C)C3=O)[C@H](O[Si](C)(C)C(C)(C)C)[C@@H]2O)(c2ccccc2)c2ccc(OC)cc2)cc1. The van der Waals surface area contributed by atoms with Gasteiger partial charge in [-0.05, 0) is 72.1 Å². The minimum atomic E-state index is -2.53. The van der Waals surface area contributed by atoms with Crippen molar-refractivity contribution in [2.45, 2.75) is 81.6 Å². The number of hydrogen-bond donors (Lipinski definition) is 2. The van der Waals surface area contributed by atoms with Crippen molar-refractivity contribution in [1.82, 2.24) is 9.80 Å². The molecule has 0 radical (unpaired) electrons. The Labute approximate surface area is 302 Å². The van der Waals surface area contributed by atoms with E-state index in [4.69, 9.17) is 29.1 Å². The minimum Gasteiger partial charge on any atom is -0.497 e. The first-order chi connectivity index (χ1) is 24.0. The molecule has 3 aromatic rings. The van der Waals surface area contributed by atoms with Gasteiger partial charge >= 0.3 is 6.03 Å². The lowest BCUT2D eigenvalue weighted by atomic mass is 9.80. The number of urea groups is 1. The average Bonchev–Trinajstić information content (AvgIpc) is 3.41. The van der Waals surface area contributed by atoms with Crippen LogP contribution in [0.4, 0.5) is 4.79 Å². The van der Waals surface area contributed by atoms with Gasteiger partial charge in [0, 0.05) is 13.2 Å². The zero-order valence-corrected chi connectivity index (χ0v) is 32.0. The number of carbonyl (C=O) groups is 2. The lowest BCUT2D eigenvalue weighted by Crippen LogP contribution is -2.66. The fraction of sp³-hybridized carbons (Fsp3) is 0.436. The number of nitrogens with zero attached hydrogens (tertiary/aromatic N) is 2. The van der Waals surface area contributed by atoms with Crippen LogP contribution in [0, 0.1) is 0 Å². The number of hydrogen-bond acceptors (Lipinski definition) is 9. The average molecular weight is 718 g/mol. The number of aliphatic hydroxyl groups excluding tert-OH is 1. The number of likely N-dealkylation sites (N-methyl/N-ethyl adjacent to an activating group) is 1. The Morgan fingerprint density at radius 2 is 1.43 bits per heavy atom. The van der Waals surface area contributed by atoms with E-state index in [2.05, 4.69) is 33.9 Å². The Morgan fingerprint density at radius 3 is 1.90 bits per heavy atom. The summed E-state index contributed by atoms with van der Waals surface area (Å²) >= 11 is 0. The molecule has 0 aromatic heterocycles. The standard InChI is InChI=1S/C39H51N3O8Si/c1-26(43)38(40)23-24-42(36(45)41(38)5)35-34(50-51(8,9)37(2,3)4)33(44)32(49-35)25-48-39(27-13-11-10-12-14-27,28-15-19-30(46-6)20-16-28)29-17-21-31(47-7)22-18-29/h10-24,32-35,44H,25,40H2,1-9H3/t32-,33-,34-,35-,38?/m1/s1. The molecule has 3 N–H and O–H groups in total. The van der Waals surface area contributed by atoms with Crippen LogP contribution in [-0.2, 0) is 24.3 Å². The third kappa shape index (κ3) is 7.08. The number of ether oxygens (including phenoxy) is 4. The minimum absolute atomic E-state index is 0.0855. The summed E-state index contributed by atoms with van der Waals surface area (Å²) in [5, 5.41) is 11.9. The van der Waals surface area contributed by atoms with E-state index < -0.39 is 55.9 Å². The Bertz CT molecular complexity index is 1660. The molecule has 51 heavy (non-hydrogen) atoms. The summed E-state index contributed by atoms with van der Waals surface area (Å²) in [6, 6.07) is 24.6. The number of Topliss-reactive ketones (excluding diaryl/α,β-unsaturated/α-hetero) is 1. The molecule has 0 saturated carbocycles. The second kappa shape index (κ2) is 14.5. The molecule has 274 valence electrons. The van der Waals surface area contributed by atoms with E-state index >= 15 is 0 Å². The summed E-state index contributed by atoms with van der Waals surface area (Å²) in [6.07, 6.45) is -1.17. The van der Waals surface area contributed by atoms with Crippen LogP contribution < -0.4 is 15.2 Å². The monoisotopic (exact) mass is 717 g/mol. The highest BCUT2D eigenvalue weighted by atomic mass is 28.4. The molecule has 11 nitrogen and oxygen atoms in total. The Kier molecular flexibility index (Phi) is 10.9. The molecule has 0 spiro atoms. The number of methoxy groups -OCH3 is 2. The van der Waals surface area contributed by atoms with Crippen molar-refractivity contribution in [2.75, 3.05) is 27.9 Å². The van der Waals surface area contributed by atoms with E-state index in [1.54, 1.807) is 14.2 Å². The van der Waals surface area contributed by atoms with Gasteiger partial charge in [0.05, 0.1) is 20.8 Å². The number of amides is 2. The molecule has 1 fully saturated rings. The second-order valence-corrected chi connectivity index (χ2v) is 19.4. The van der Waals surface area contributed by atoms with Crippen LogP contribution in [0.1, 0.15) is 44.4 Å². The smallest absolute Gasteiger partial charge is 0.328 e. The molecular weight excluding hydrogens is 667 g/mol. The molecule has 2 amide bonds. The van der Waals surface area contributed by atoms with Crippen molar-refractivity contribution in [3.63, 3.8) is 0 Å². The maximum absolute atomic E-state index is 13.8. The zero-order chi connectivity index (χ0) is 37.4. The molecule has 5 atom stereocenters. The van der Waals surface area contributed by atoms with Gasteiger partial charge in [-0.15, -0.1) is 0 Å². The first-order valence-electron chi connectivity index (χ1n) is 17.1. The Balaban J connectivity index is 1.58. The van der Waals surface area contributed by atoms with Gasteiger partial charge in [-0.2, -0.15) is 0 Å². The van der Waals surface area contributed by atoms with Crippen LogP contribution in [0.15, 0.2) is 91.1 Å². The van der Waals surface area contributed by atoms with Gasteiger partial charge in [0.25, 0.3) is 0 Å². The van der Waals surface area contributed by atoms with E-state index in [0.29, 0.717) is 11.5 Å². The number of benzene rings is 3. The van der Waals surface area contributed by atoms with Crippen molar-refractivity contribution in [3.05, 3.63) is 108 Å². The molecule has 2 heterocycles. The van der Waals surface area contributed by atoms with Crippen molar-refractivity contribution in [2.24, 2.45) is 5.73 Å². The maximum Gasteiger partial charge on any atom is 0.328 e. The normalized spacial score (nSPS) is 24.2. The first kappa shape index (κ1) is 38.2. The van der Waals surface area contributed by atoms with Crippen LogP contribution in [0.3, 0.4) is 0 Å². The van der Waals surface area contributed by atoms with Gasteiger partial charge in [0.1, 0.15) is 35.4 Å². The van der Waals surface area contributed by atoms with E-state index in [1.807, 2.05) is 78.9 Å². The zero-order valence-electron chi connectivity index (χ0n) is 31.0. The van der Waals surface area contributed by atoms with Gasteiger partial charge in [0.2, 0.25) is 0 Å². The molecule has 0 bridgehead atoms. The molecule has 1 saturated heterocycles. The fourth-order valence-electron chi connectivity index (χ4n) is 6.25. The lowest BCUT2D eigenvalue weighted by Gasteiger charge is -2.44. The van der Waals surface area contributed by atoms with Crippen LogP contribution >= 0.6 is 0 Å². The summed E-state index contributed by atoms with van der Waals surface area (Å²) in [5.74, 6) is 0.985. The van der Waals surface area contributed by atoms with Crippen LogP contribution in [0.25, 0.3) is 0 Å². The van der Waals surface area contributed by atoms with Gasteiger partial charge < -0.3 is 28.5 Å².